The van der Waals surface area contributed by atoms with Crippen molar-refractivity contribution >= 4 is 5.95 Å². The zero-order valence-electron chi connectivity index (χ0n) is 9.59. The van der Waals surface area contributed by atoms with E-state index >= 15 is 0 Å². The Hall–Kier alpha value is -1.16. The Morgan fingerprint density at radius 3 is 2.44 bits per heavy atom. The average Bonchev–Trinajstić information content (AvgIpc) is 2.29. The first-order chi connectivity index (χ1) is 7.81. The van der Waals surface area contributed by atoms with E-state index in [1.807, 2.05) is 19.3 Å². The second-order valence-corrected chi connectivity index (χ2v) is 4.97. The maximum atomic E-state index is 5.57. The van der Waals surface area contributed by atoms with Crippen LogP contribution >= 0.6 is 0 Å². The summed E-state index contributed by atoms with van der Waals surface area (Å²) in [5.74, 6) is 2.21. The molecule has 0 N–H and O–H groups in total. The molecule has 3 heterocycles. The Morgan fingerprint density at radius 1 is 1.19 bits per heavy atom. The topological polar surface area (TPSA) is 38.2 Å². The fourth-order valence-corrected chi connectivity index (χ4v) is 2.67. The Bertz CT molecular complexity index is 353. The van der Waals surface area contributed by atoms with Gasteiger partial charge in [-0.25, -0.2) is 9.97 Å². The van der Waals surface area contributed by atoms with E-state index in [1.165, 1.54) is 6.42 Å². The lowest BCUT2D eigenvalue weighted by Crippen LogP contribution is -2.47. The van der Waals surface area contributed by atoms with Gasteiger partial charge in [0.2, 0.25) is 5.95 Å². The lowest BCUT2D eigenvalue weighted by molar-refractivity contribution is 0.00592. The summed E-state index contributed by atoms with van der Waals surface area (Å²) in [6, 6.07) is 0. The Balaban J connectivity index is 1.77. The number of hydrogen-bond acceptors (Lipinski definition) is 4. The number of anilines is 1. The van der Waals surface area contributed by atoms with E-state index in [0.29, 0.717) is 11.8 Å². The lowest BCUT2D eigenvalue weighted by atomic mass is 9.88. The number of piperidine rings is 1. The number of fused-ring (bicyclic) bond motifs is 2. The molecule has 2 aliphatic rings. The van der Waals surface area contributed by atoms with Crippen molar-refractivity contribution in [3.05, 3.63) is 18.0 Å². The molecule has 1 aromatic rings. The van der Waals surface area contributed by atoms with Gasteiger partial charge >= 0.3 is 0 Å². The SMILES string of the molecule is Cc1cnc(N2CC3COCC(C3)C2)nc1. The van der Waals surface area contributed by atoms with Crippen molar-refractivity contribution in [3.8, 4) is 0 Å². The second kappa shape index (κ2) is 4.01. The second-order valence-electron chi connectivity index (χ2n) is 4.97. The minimum Gasteiger partial charge on any atom is -0.381 e. The van der Waals surface area contributed by atoms with Gasteiger partial charge in [0.25, 0.3) is 0 Å². The molecule has 3 rings (SSSR count). The molecule has 2 unspecified atom stereocenters. The molecule has 16 heavy (non-hydrogen) atoms. The molecule has 86 valence electrons. The molecule has 0 aromatic carbocycles. The van der Waals surface area contributed by atoms with Crippen molar-refractivity contribution in [2.24, 2.45) is 11.8 Å². The van der Waals surface area contributed by atoms with Crippen LogP contribution < -0.4 is 4.90 Å². The molecule has 0 radical (unpaired) electrons. The van der Waals surface area contributed by atoms with Gasteiger partial charge in [-0.1, -0.05) is 0 Å². The van der Waals surface area contributed by atoms with Crippen LogP contribution in [0.4, 0.5) is 5.95 Å². The molecule has 1 aromatic heterocycles. The van der Waals surface area contributed by atoms with Crippen LogP contribution in [0, 0.1) is 18.8 Å². The van der Waals surface area contributed by atoms with E-state index in [9.17, 15) is 0 Å². The standard InChI is InChI=1S/C12H17N3O/c1-9-3-13-12(14-4-9)15-5-10-2-11(6-15)8-16-7-10/h3-4,10-11H,2,5-8H2,1H3. The average molecular weight is 219 g/mol. The van der Waals surface area contributed by atoms with Gasteiger partial charge in [0, 0.05) is 37.3 Å². The van der Waals surface area contributed by atoms with Crippen molar-refractivity contribution in [1.29, 1.82) is 0 Å². The predicted octanol–water partition coefficient (Wildman–Crippen LogP) is 1.26. The van der Waals surface area contributed by atoms with Crippen molar-refractivity contribution in [2.75, 3.05) is 31.2 Å². The largest absolute Gasteiger partial charge is 0.381 e. The van der Waals surface area contributed by atoms with E-state index in [0.717, 1.165) is 37.8 Å². The molecule has 2 saturated heterocycles. The quantitative estimate of drug-likeness (QED) is 0.712. The first kappa shape index (κ1) is 10.0. The fraction of sp³-hybridized carbons (Fsp3) is 0.667. The van der Waals surface area contributed by atoms with Crippen molar-refractivity contribution in [3.63, 3.8) is 0 Å². The van der Waals surface area contributed by atoms with Crippen LogP contribution in [-0.2, 0) is 4.74 Å². The van der Waals surface area contributed by atoms with E-state index in [-0.39, 0.29) is 0 Å². The van der Waals surface area contributed by atoms with Gasteiger partial charge in [0.15, 0.2) is 0 Å². The summed E-state index contributed by atoms with van der Waals surface area (Å²) in [6.07, 6.45) is 5.09. The van der Waals surface area contributed by atoms with E-state index in [1.54, 1.807) is 0 Å². The van der Waals surface area contributed by atoms with Crippen molar-refractivity contribution < 1.29 is 4.74 Å². The van der Waals surface area contributed by atoms with Gasteiger partial charge in [-0.2, -0.15) is 0 Å². The molecule has 0 aliphatic carbocycles. The summed E-state index contributed by atoms with van der Waals surface area (Å²) in [5.41, 5.74) is 1.12. The third-order valence-corrected chi connectivity index (χ3v) is 3.38. The highest BCUT2D eigenvalue weighted by Crippen LogP contribution is 2.28. The number of aromatic nitrogens is 2. The third kappa shape index (κ3) is 1.89. The maximum absolute atomic E-state index is 5.57. The van der Waals surface area contributed by atoms with E-state index < -0.39 is 0 Å². The molecule has 2 fully saturated rings. The first-order valence-electron chi connectivity index (χ1n) is 5.92. The molecule has 0 amide bonds. The molecule has 2 atom stereocenters. The molecule has 2 aliphatic heterocycles. The minimum atomic E-state index is 0.664. The minimum absolute atomic E-state index is 0.664. The third-order valence-electron chi connectivity index (χ3n) is 3.38. The molecule has 4 nitrogen and oxygen atoms in total. The highest BCUT2D eigenvalue weighted by Gasteiger charge is 2.32. The Kier molecular flexibility index (Phi) is 2.52. The number of rotatable bonds is 1. The van der Waals surface area contributed by atoms with Gasteiger partial charge in [-0.15, -0.1) is 0 Å². The number of aryl methyl sites for hydroxylation is 1. The van der Waals surface area contributed by atoms with Gasteiger partial charge in [0.1, 0.15) is 0 Å². The molecule has 4 heteroatoms. The van der Waals surface area contributed by atoms with Crippen LogP contribution in [0.3, 0.4) is 0 Å². The van der Waals surface area contributed by atoms with Crippen LogP contribution in [0.15, 0.2) is 12.4 Å². The van der Waals surface area contributed by atoms with Crippen molar-refractivity contribution in [1.82, 2.24) is 9.97 Å². The maximum Gasteiger partial charge on any atom is 0.225 e. The van der Waals surface area contributed by atoms with Gasteiger partial charge in [-0.3, -0.25) is 0 Å². The summed E-state index contributed by atoms with van der Waals surface area (Å²) < 4.78 is 5.57. The highest BCUT2D eigenvalue weighted by atomic mass is 16.5. The number of ether oxygens (including phenoxy) is 1. The van der Waals surface area contributed by atoms with E-state index in [2.05, 4.69) is 14.9 Å². The van der Waals surface area contributed by atoms with Gasteiger partial charge in [-0.05, 0) is 18.9 Å². The Morgan fingerprint density at radius 2 is 1.81 bits per heavy atom. The summed E-state index contributed by atoms with van der Waals surface area (Å²) in [6.45, 7) is 5.90. The number of nitrogens with zero attached hydrogens (tertiary/aromatic N) is 3. The fourth-order valence-electron chi connectivity index (χ4n) is 2.67. The van der Waals surface area contributed by atoms with Crippen LogP contribution in [-0.4, -0.2) is 36.3 Å². The van der Waals surface area contributed by atoms with Crippen molar-refractivity contribution in [2.45, 2.75) is 13.3 Å². The van der Waals surface area contributed by atoms with Gasteiger partial charge < -0.3 is 9.64 Å². The van der Waals surface area contributed by atoms with Crippen LogP contribution in [0.2, 0.25) is 0 Å². The summed E-state index contributed by atoms with van der Waals surface area (Å²) in [7, 11) is 0. The smallest absolute Gasteiger partial charge is 0.225 e. The van der Waals surface area contributed by atoms with E-state index in [4.69, 9.17) is 4.74 Å². The zero-order chi connectivity index (χ0) is 11.0. The Labute approximate surface area is 95.7 Å². The van der Waals surface area contributed by atoms with Gasteiger partial charge in [0.05, 0.1) is 13.2 Å². The number of hydrogen-bond donors (Lipinski definition) is 0. The lowest BCUT2D eigenvalue weighted by Gasteiger charge is -2.41. The zero-order valence-corrected chi connectivity index (χ0v) is 9.59. The predicted molar refractivity (Wildman–Crippen MR) is 61.4 cm³/mol. The summed E-state index contributed by atoms with van der Waals surface area (Å²) in [5, 5.41) is 0. The molecule has 2 bridgehead atoms. The first-order valence-corrected chi connectivity index (χ1v) is 5.92. The van der Waals surface area contributed by atoms with Crippen LogP contribution in [0.25, 0.3) is 0 Å². The molecule has 0 spiro atoms. The molecule has 0 saturated carbocycles. The summed E-state index contributed by atoms with van der Waals surface area (Å²) in [4.78, 5) is 11.1. The van der Waals surface area contributed by atoms with Crippen LogP contribution in [0.5, 0.6) is 0 Å². The molecular weight excluding hydrogens is 202 g/mol. The summed E-state index contributed by atoms with van der Waals surface area (Å²) >= 11 is 0. The van der Waals surface area contributed by atoms with Crippen LogP contribution in [0.1, 0.15) is 12.0 Å². The monoisotopic (exact) mass is 219 g/mol. The normalized spacial score (nSPS) is 29.2. The highest BCUT2D eigenvalue weighted by molar-refractivity contribution is 5.31. The molecular formula is C12H17N3O.